The quantitative estimate of drug-likeness (QED) is 0.788. The molecule has 0 spiro atoms. The van der Waals surface area contributed by atoms with Crippen LogP contribution in [0.1, 0.15) is 45.6 Å². The molecule has 0 radical (unpaired) electrons. The number of hydrogen-bond acceptors (Lipinski definition) is 4. The van der Waals surface area contributed by atoms with E-state index < -0.39 is 5.97 Å². The van der Waals surface area contributed by atoms with Gasteiger partial charge in [0.25, 0.3) is 0 Å². The monoisotopic (exact) mass is 394 g/mol. The summed E-state index contributed by atoms with van der Waals surface area (Å²) in [5.41, 5.74) is 4.31. The number of carbonyl (C=O) groups is 1. The summed E-state index contributed by atoms with van der Waals surface area (Å²) >= 11 is 0. The Hall–Kier alpha value is -2.69. The van der Waals surface area contributed by atoms with Gasteiger partial charge in [-0.15, -0.1) is 0 Å². The molecule has 29 heavy (non-hydrogen) atoms. The smallest absolute Gasteiger partial charge is 0.310 e. The average Bonchev–Trinajstić information content (AvgIpc) is 2.74. The zero-order chi connectivity index (χ0) is 20.8. The maximum absolute atomic E-state index is 11.1. The molecule has 1 saturated heterocycles. The summed E-state index contributed by atoms with van der Waals surface area (Å²) in [5, 5.41) is 9.16. The summed E-state index contributed by atoms with van der Waals surface area (Å²) in [6.07, 6.45) is 0.910. The lowest BCUT2D eigenvalue weighted by atomic mass is 9.99. The summed E-state index contributed by atoms with van der Waals surface area (Å²) < 4.78 is 6.42. The Bertz CT molecular complexity index is 916. The molecular formula is C24H30N2O3. The van der Waals surface area contributed by atoms with Crippen LogP contribution < -0.4 is 14.5 Å². The molecule has 2 aliphatic rings. The van der Waals surface area contributed by atoms with Gasteiger partial charge in [0.1, 0.15) is 11.4 Å². The molecule has 0 saturated carbocycles. The van der Waals surface area contributed by atoms with Gasteiger partial charge in [0.2, 0.25) is 0 Å². The third-order valence-electron chi connectivity index (χ3n) is 6.00. The Morgan fingerprint density at radius 1 is 1.14 bits per heavy atom. The van der Waals surface area contributed by atoms with Crippen LogP contribution in [0.2, 0.25) is 0 Å². The van der Waals surface area contributed by atoms with Crippen molar-refractivity contribution in [2.75, 3.05) is 29.4 Å². The van der Waals surface area contributed by atoms with Gasteiger partial charge in [0, 0.05) is 37.4 Å². The predicted octanol–water partition coefficient (Wildman–Crippen LogP) is 5.03. The van der Waals surface area contributed by atoms with Crippen molar-refractivity contribution < 1.29 is 14.6 Å². The lowest BCUT2D eigenvalue weighted by Gasteiger charge is -2.39. The second kappa shape index (κ2) is 7.29. The van der Waals surface area contributed by atoms with Crippen molar-refractivity contribution in [3.05, 3.63) is 48.0 Å². The highest BCUT2D eigenvalue weighted by molar-refractivity contribution is 5.76. The molecule has 4 rings (SSSR count). The van der Waals surface area contributed by atoms with E-state index in [-0.39, 0.29) is 11.5 Å². The largest absolute Gasteiger partial charge is 0.486 e. The van der Waals surface area contributed by atoms with Crippen LogP contribution >= 0.6 is 0 Å². The van der Waals surface area contributed by atoms with Crippen LogP contribution in [0.4, 0.5) is 17.1 Å². The van der Waals surface area contributed by atoms with Gasteiger partial charge in [-0.3, -0.25) is 4.79 Å². The molecule has 0 amide bonds. The second-order valence-electron chi connectivity index (χ2n) is 9.11. The highest BCUT2D eigenvalue weighted by Gasteiger charge is 2.33. The first-order valence-corrected chi connectivity index (χ1v) is 10.4. The van der Waals surface area contributed by atoms with Crippen molar-refractivity contribution in [1.29, 1.82) is 0 Å². The lowest BCUT2D eigenvalue weighted by molar-refractivity contribution is -0.142. The molecule has 5 heteroatoms. The number of hydrogen-bond donors (Lipinski definition) is 1. The third-order valence-corrected chi connectivity index (χ3v) is 6.00. The van der Waals surface area contributed by atoms with Crippen LogP contribution in [0.3, 0.4) is 0 Å². The molecule has 1 N–H and O–H groups in total. The molecule has 0 bridgehead atoms. The van der Waals surface area contributed by atoms with Crippen molar-refractivity contribution in [3.63, 3.8) is 0 Å². The van der Waals surface area contributed by atoms with Crippen molar-refractivity contribution in [2.45, 2.75) is 45.6 Å². The van der Waals surface area contributed by atoms with E-state index >= 15 is 0 Å². The van der Waals surface area contributed by atoms with Crippen molar-refractivity contribution in [3.8, 4) is 5.75 Å². The van der Waals surface area contributed by atoms with Crippen molar-refractivity contribution in [1.82, 2.24) is 0 Å². The molecule has 0 unspecified atom stereocenters. The van der Waals surface area contributed by atoms with Gasteiger partial charge < -0.3 is 19.6 Å². The molecule has 2 aromatic carbocycles. The zero-order valence-corrected chi connectivity index (χ0v) is 17.7. The highest BCUT2D eigenvalue weighted by atomic mass is 16.5. The minimum Gasteiger partial charge on any atom is -0.486 e. The number of carboxylic acids is 1. The van der Waals surface area contributed by atoms with E-state index in [1.165, 1.54) is 5.56 Å². The topological polar surface area (TPSA) is 53.0 Å². The van der Waals surface area contributed by atoms with E-state index in [0.717, 1.165) is 35.8 Å². The summed E-state index contributed by atoms with van der Waals surface area (Å²) in [5.74, 6) is 0.403. The van der Waals surface area contributed by atoms with Gasteiger partial charge in [-0.25, -0.2) is 0 Å². The normalized spacial score (nSPS) is 18.7. The Morgan fingerprint density at radius 3 is 2.55 bits per heavy atom. The Morgan fingerprint density at radius 2 is 1.86 bits per heavy atom. The molecular weight excluding hydrogens is 364 g/mol. The fourth-order valence-corrected chi connectivity index (χ4v) is 4.02. The minimum absolute atomic E-state index is 0.233. The standard InChI is InChI=1S/C24H30N2O3/c1-16(2)17-8-9-21-22(12-17)29-24(3,4)10-11-26(21)20-7-5-6-19(13-20)25-14-18(15-25)23(27)28/h5-9,12-13,16,18H,10-11,14-15H2,1-4H3,(H,27,28). The maximum Gasteiger partial charge on any atom is 0.310 e. The minimum atomic E-state index is -0.709. The summed E-state index contributed by atoms with van der Waals surface area (Å²) in [6.45, 7) is 10.7. The summed E-state index contributed by atoms with van der Waals surface area (Å²) in [7, 11) is 0. The molecule has 2 aliphatic heterocycles. The Labute approximate surface area is 172 Å². The number of fused-ring (bicyclic) bond motifs is 1. The van der Waals surface area contributed by atoms with Gasteiger partial charge in [0.15, 0.2) is 0 Å². The van der Waals surface area contributed by atoms with E-state index in [9.17, 15) is 4.79 Å². The molecule has 1 fully saturated rings. The molecule has 2 aromatic rings. The van der Waals surface area contributed by atoms with E-state index in [1.807, 2.05) is 0 Å². The molecule has 0 aromatic heterocycles. The first-order chi connectivity index (χ1) is 13.7. The summed E-state index contributed by atoms with van der Waals surface area (Å²) in [4.78, 5) is 15.6. The van der Waals surface area contributed by atoms with Crippen LogP contribution in [-0.4, -0.2) is 36.3 Å². The maximum atomic E-state index is 11.1. The number of rotatable bonds is 4. The van der Waals surface area contributed by atoms with E-state index in [4.69, 9.17) is 9.84 Å². The SMILES string of the molecule is CC(C)c1ccc2c(c1)OC(C)(C)CCN2c1cccc(N2CC(C(=O)O)C2)c1. The Kier molecular flexibility index (Phi) is 4.93. The fraction of sp³-hybridized carbons (Fsp3) is 0.458. The number of aliphatic carboxylic acids is 1. The molecule has 154 valence electrons. The number of anilines is 3. The van der Waals surface area contributed by atoms with Gasteiger partial charge in [0.05, 0.1) is 11.6 Å². The van der Waals surface area contributed by atoms with Crippen molar-refractivity contribution >= 4 is 23.0 Å². The number of nitrogens with zero attached hydrogens (tertiary/aromatic N) is 2. The van der Waals surface area contributed by atoms with Crippen LogP contribution in [0.15, 0.2) is 42.5 Å². The Balaban J connectivity index is 1.67. The van der Waals surface area contributed by atoms with E-state index in [2.05, 4.69) is 80.0 Å². The van der Waals surface area contributed by atoms with Crippen LogP contribution in [-0.2, 0) is 4.79 Å². The third kappa shape index (κ3) is 3.91. The second-order valence-corrected chi connectivity index (χ2v) is 9.11. The van der Waals surface area contributed by atoms with Crippen LogP contribution in [0.5, 0.6) is 5.75 Å². The van der Waals surface area contributed by atoms with Crippen LogP contribution in [0, 0.1) is 5.92 Å². The number of carboxylic acid groups (broad SMARTS) is 1. The average molecular weight is 395 g/mol. The highest BCUT2D eigenvalue weighted by Crippen LogP contribution is 2.42. The summed E-state index contributed by atoms with van der Waals surface area (Å²) in [6, 6.07) is 14.9. The first-order valence-electron chi connectivity index (χ1n) is 10.4. The van der Waals surface area contributed by atoms with Gasteiger partial charge in [-0.05, 0) is 55.7 Å². The fourth-order valence-electron chi connectivity index (χ4n) is 4.02. The molecule has 2 heterocycles. The van der Waals surface area contributed by atoms with Crippen molar-refractivity contribution in [2.24, 2.45) is 5.92 Å². The van der Waals surface area contributed by atoms with Crippen LogP contribution in [0.25, 0.3) is 0 Å². The number of benzene rings is 2. The van der Waals surface area contributed by atoms with Gasteiger partial charge >= 0.3 is 5.97 Å². The van der Waals surface area contributed by atoms with E-state index in [0.29, 0.717) is 19.0 Å². The lowest BCUT2D eigenvalue weighted by Crippen LogP contribution is -2.50. The first kappa shape index (κ1) is 19.6. The molecule has 0 atom stereocenters. The van der Waals surface area contributed by atoms with E-state index in [1.54, 1.807) is 0 Å². The number of ether oxygens (including phenoxy) is 1. The van der Waals surface area contributed by atoms with Gasteiger partial charge in [-0.2, -0.15) is 0 Å². The van der Waals surface area contributed by atoms with Gasteiger partial charge in [-0.1, -0.05) is 26.0 Å². The zero-order valence-electron chi connectivity index (χ0n) is 17.7. The molecule has 0 aliphatic carbocycles. The predicted molar refractivity (Wildman–Crippen MR) is 117 cm³/mol. The molecule has 5 nitrogen and oxygen atoms in total.